The van der Waals surface area contributed by atoms with Crippen molar-refractivity contribution in [2.45, 2.75) is 13.5 Å². The number of ether oxygens (including phenoxy) is 2. The molecular weight excluding hydrogens is 458 g/mol. The first-order valence-electron chi connectivity index (χ1n) is 10.2. The molecule has 6 nitrogen and oxygen atoms in total. The van der Waals surface area contributed by atoms with Crippen molar-refractivity contribution in [3.63, 3.8) is 0 Å². The Morgan fingerprint density at radius 1 is 1.12 bits per heavy atom. The predicted octanol–water partition coefficient (Wildman–Crippen LogP) is 5.92. The maximum absolute atomic E-state index is 13.3. The summed E-state index contributed by atoms with van der Waals surface area (Å²) >= 11 is 7.72. The number of hydrogen-bond acceptors (Lipinski definition) is 6. The van der Waals surface area contributed by atoms with Crippen LogP contribution in [0.25, 0.3) is 16.3 Å². The van der Waals surface area contributed by atoms with Gasteiger partial charge in [0, 0.05) is 17.3 Å². The molecule has 2 heterocycles. The Labute approximate surface area is 201 Å². The van der Waals surface area contributed by atoms with E-state index in [-0.39, 0.29) is 5.91 Å². The molecule has 2 aromatic carbocycles. The van der Waals surface area contributed by atoms with Crippen molar-refractivity contribution in [3.8, 4) is 11.5 Å². The average Bonchev–Trinajstić information content (AvgIpc) is 3.28. The number of anilines is 1. The van der Waals surface area contributed by atoms with Gasteiger partial charge in [-0.1, -0.05) is 35.1 Å². The van der Waals surface area contributed by atoms with Gasteiger partial charge in [-0.3, -0.25) is 14.7 Å². The first-order chi connectivity index (χ1) is 16.0. The van der Waals surface area contributed by atoms with Crippen molar-refractivity contribution in [3.05, 3.63) is 82.6 Å². The number of amides is 1. The van der Waals surface area contributed by atoms with E-state index in [9.17, 15) is 4.79 Å². The largest absolute Gasteiger partial charge is 0.493 e. The monoisotopic (exact) mass is 479 g/mol. The summed E-state index contributed by atoms with van der Waals surface area (Å²) in [6.45, 7) is 2.22. The molecule has 33 heavy (non-hydrogen) atoms. The van der Waals surface area contributed by atoms with Gasteiger partial charge in [-0.05, 0) is 60.5 Å². The number of thiazole rings is 1. The Balaban J connectivity index is 1.68. The minimum absolute atomic E-state index is 0.210. The van der Waals surface area contributed by atoms with Crippen LogP contribution in [0.5, 0.6) is 11.5 Å². The number of benzene rings is 2. The fraction of sp³-hybridized carbons (Fsp3) is 0.160. The molecule has 0 saturated heterocycles. The van der Waals surface area contributed by atoms with E-state index in [1.54, 1.807) is 37.5 Å². The van der Waals surface area contributed by atoms with Crippen molar-refractivity contribution < 1.29 is 14.3 Å². The number of aromatic nitrogens is 2. The molecule has 168 valence electrons. The number of pyridine rings is 1. The molecule has 0 aliphatic heterocycles. The molecule has 8 heteroatoms. The SMILES string of the molecule is COc1ccc(/C=C/C(=O)N(Cc2ccccn2)c2nc3c(C)c(Cl)ccc3s2)cc1OC. The normalized spacial score (nSPS) is 11.2. The predicted molar refractivity (Wildman–Crippen MR) is 133 cm³/mol. The van der Waals surface area contributed by atoms with Crippen LogP contribution in [-0.2, 0) is 11.3 Å². The summed E-state index contributed by atoms with van der Waals surface area (Å²) in [7, 11) is 3.16. The molecule has 0 fully saturated rings. The zero-order valence-corrected chi connectivity index (χ0v) is 20.0. The van der Waals surface area contributed by atoms with E-state index >= 15 is 0 Å². The molecule has 0 spiro atoms. The number of carbonyl (C=O) groups is 1. The van der Waals surface area contributed by atoms with Gasteiger partial charge in [0.15, 0.2) is 16.6 Å². The van der Waals surface area contributed by atoms with E-state index in [4.69, 9.17) is 26.1 Å². The van der Waals surface area contributed by atoms with Crippen molar-refractivity contribution in [2.75, 3.05) is 19.1 Å². The van der Waals surface area contributed by atoms with Gasteiger partial charge in [-0.2, -0.15) is 0 Å². The number of aryl methyl sites for hydroxylation is 1. The number of hydrogen-bond donors (Lipinski definition) is 0. The summed E-state index contributed by atoms with van der Waals surface area (Å²) < 4.78 is 11.6. The number of methoxy groups -OCH3 is 2. The molecule has 0 unspecified atom stereocenters. The second-order valence-electron chi connectivity index (χ2n) is 7.21. The maximum Gasteiger partial charge on any atom is 0.253 e. The van der Waals surface area contributed by atoms with E-state index in [0.717, 1.165) is 27.0 Å². The first kappa shape index (κ1) is 22.8. The number of fused-ring (bicyclic) bond motifs is 1. The number of nitrogens with zero attached hydrogens (tertiary/aromatic N) is 3. The highest BCUT2D eigenvalue weighted by Gasteiger charge is 2.20. The van der Waals surface area contributed by atoms with E-state index in [1.165, 1.54) is 17.4 Å². The first-order valence-corrected chi connectivity index (χ1v) is 11.4. The Hall–Kier alpha value is -3.42. The van der Waals surface area contributed by atoms with E-state index < -0.39 is 0 Å². The third kappa shape index (κ3) is 4.99. The Bertz CT molecular complexity index is 1320. The molecule has 0 aliphatic carbocycles. The zero-order valence-electron chi connectivity index (χ0n) is 18.4. The lowest BCUT2D eigenvalue weighted by Gasteiger charge is -2.17. The third-order valence-electron chi connectivity index (χ3n) is 5.11. The molecule has 0 radical (unpaired) electrons. The van der Waals surface area contributed by atoms with Gasteiger partial charge in [-0.15, -0.1) is 0 Å². The zero-order chi connectivity index (χ0) is 23.4. The van der Waals surface area contributed by atoms with Crippen LogP contribution >= 0.6 is 22.9 Å². The van der Waals surface area contributed by atoms with Crippen LogP contribution in [0.3, 0.4) is 0 Å². The molecule has 0 N–H and O–H groups in total. The van der Waals surface area contributed by atoms with E-state index in [1.807, 2.05) is 49.4 Å². The second kappa shape index (κ2) is 10.0. The summed E-state index contributed by atoms with van der Waals surface area (Å²) in [6.07, 6.45) is 4.97. The second-order valence-corrected chi connectivity index (χ2v) is 8.63. The van der Waals surface area contributed by atoms with Gasteiger partial charge >= 0.3 is 0 Å². The molecule has 0 saturated carbocycles. The number of carbonyl (C=O) groups excluding carboxylic acids is 1. The van der Waals surface area contributed by atoms with Crippen LogP contribution < -0.4 is 14.4 Å². The summed E-state index contributed by atoms with van der Waals surface area (Å²) in [5, 5.41) is 1.23. The van der Waals surface area contributed by atoms with Crippen molar-refractivity contribution in [1.29, 1.82) is 0 Å². The molecular formula is C25H22ClN3O3S. The van der Waals surface area contributed by atoms with Crippen LogP contribution in [0.1, 0.15) is 16.8 Å². The van der Waals surface area contributed by atoms with Crippen LogP contribution in [0.2, 0.25) is 5.02 Å². The molecule has 1 amide bonds. The Morgan fingerprint density at radius 3 is 2.67 bits per heavy atom. The molecule has 4 rings (SSSR count). The van der Waals surface area contributed by atoms with Gasteiger partial charge in [0.2, 0.25) is 0 Å². The lowest BCUT2D eigenvalue weighted by molar-refractivity contribution is -0.114. The van der Waals surface area contributed by atoms with Gasteiger partial charge in [0.25, 0.3) is 5.91 Å². The maximum atomic E-state index is 13.3. The topological polar surface area (TPSA) is 64.5 Å². The molecule has 4 aromatic rings. The fourth-order valence-corrected chi connectivity index (χ4v) is 4.49. The summed E-state index contributed by atoms with van der Waals surface area (Å²) in [5.74, 6) is 1.01. The summed E-state index contributed by atoms with van der Waals surface area (Å²) in [5.41, 5.74) is 3.26. The highest BCUT2D eigenvalue weighted by atomic mass is 35.5. The van der Waals surface area contributed by atoms with Crippen molar-refractivity contribution in [1.82, 2.24) is 9.97 Å². The lowest BCUT2D eigenvalue weighted by Crippen LogP contribution is -2.29. The third-order valence-corrected chi connectivity index (χ3v) is 6.56. The molecule has 0 aliphatic rings. The van der Waals surface area contributed by atoms with Crippen LogP contribution in [0.15, 0.2) is 60.8 Å². The quantitative estimate of drug-likeness (QED) is 0.308. The minimum Gasteiger partial charge on any atom is -0.493 e. The van der Waals surface area contributed by atoms with Gasteiger partial charge < -0.3 is 9.47 Å². The molecule has 0 bridgehead atoms. The smallest absolute Gasteiger partial charge is 0.253 e. The van der Waals surface area contributed by atoms with Crippen LogP contribution in [-0.4, -0.2) is 30.1 Å². The molecule has 0 atom stereocenters. The van der Waals surface area contributed by atoms with Crippen molar-refractivity contribution >= 4 is 50.3 Å². The summed E-state index contributed by atoms with van der Waals surface area (Å²) in [6, 6.07) is 14.9. The van der Waals surface area contributed by atoms with Crippen LogP contribution in [0.4, 0.5) is 5.13 Å². The highest BCUT2D eigenvalue weighted by Crippen LogP contribution is 2.34. The van der Waals surface area contributed by atoms with Crippen molar-refractivity contribution in [2.24, 2.45) is 0 Å². The van der Waals surface area contributed by atoms with E-state index in [2.05, 4.69) is 4.98 Å². The minimum atomic E-state index is -0.210. The average molecular weight is 480 g/mol. The highest BCUT2D eigenvalue weighted by molar-refractivity contribution is 7.22. The molecule has 2 aromatic heterocycles. The number of rotatable bonds is 7. The van der Waals surface area contributed by atoms with Gasteiger partial charge in [0.05, 0.1) is 36.7 Å². The standard InChI is InChI=1S/C25H22ClN3O3S/c1-16-19(26)9-11-22-24(16)28-25(33-22)29(15-18-6-4-5-13-27-18)23(30)12-8-17-7-10-20(31-2)21(14-17)32-3/h4-14H,15H2,1-3H3/b12-8+. The summed E-state index contributed by atoms with van der Waals surface area (Å²) in [4.78, 5) is 24.1. The van der Waals surface area contributed by atoms with Crippen LogP contribution in [0, 0.1) is 6.92 Å². The Kier molecular flexibility index (Phi) is 6.91. The number of halogens is 1. The van der Waals surface area contributed by atoms with E-state index in [0.29, 0.717) is 28.2 Å². The van der Waals surface area contributed by atoms with Gasteiger partial charge in [-0.25, -0.2) is 4.98 Å². The fourth-order valence-electron chi connectivity index (χ4n) is 3.31. The van der Waals surface area contributed by atoms with Gasteiger partial charge in [0.1, 0.15) is 0 Å². The Morgan fingerprint density at radius 2 is 1.94 bits per heavy atom. The lowest BCUT2D eigenvalue weighted by atomic mass is 10.2.